The van der Waals surface area contributed by atoms with Crippen molar-refractivity contribution in [2.45, 2.75) is 30.1 Å². The summed E-state index contributed by atoms with van der Waals surface area (Å²) in [6.45, 7) is 0.180. The Morgan fingerprint density at radius 1 is 1.15 bits per heavy atom. The number of nitrogens with zero attached hydrogens (tertiary/aromatic N) is 2. The lowest BCUT2D eigenvalue weighted by Crippen LogP contribution is -2.39. The summed E-state index contributed by atoms with van der Waals surface area (Å²) in [7, 11) is -2.05. The van der Waals surface area contributed by atoms with Crippen LogP contribution in [0.3, 0.4) is 0 Å². The summed E-state index contributed by atoms with van der Waals surface area (Å²) < 4.78 is 38.5. The van der Waals surface area contributed by atoms with Gasteiger partial charge in [-0.15, -0.1) is 0 Å². The molecule has 10 nitrogen and oxygen atoms in total. The molecule has 184 valence electrons. The number of hydrogen-bond acceptors (Lipinski definition) is 9. The average molecular weight is 511 g/mol. The van der Waals surface area contributed by atoms with Crippen LogP contribution >= 0.6 is 11.8 Å². The Hall–Kier alpha value is -2.83. The van der Waals surface area contributed by atoms with Gasteiger partial charge >= 0.3 is 6.09 Å². The zero-order valence-corrected chi connectivity index (χ0v) is 20.4. The predicted molar refractivity (Wildman–Crippen MR) is 127 cm³/mol. The number of rotatable bonds is 10. The largest absolute Gasteiger partial charge is 0.497 e. The van der Waals surface area contributed by atoms with Crippen LogP contribution < -0.4 is 4.74 Å². The van der Waals surface area contributed by atoms with Gasteiger partial charge in [0.2, 0.25) is 0 Å². The zero-order chi connectivity index (χ0) is 24.7. The highest BCUT2D eigenvalue weighted by Gasteiger charge is 2.37. The molecule has 0 aromatic heterocycles. The molecule has 0 bridgehead atoms. The highest BCUT2D eigenvalue weighted by Crippen LogP contribution is 2.31. The maximum atomic E-state index is 12.8. The molecule has 0 spiro atoms. The number of carbonyl (C=O) groups excluding carboxylic acids is 1. The van der Waals surface area contributed by atoms with E-state index in [1.54, 1.807) is 18.9 Å². The smallest absolute Gasteiger partial charge is 0.410 e. The highest BCUT2D eigenvalue weighted by molar-refractivity contribution is 7.99. The van der Waals surface area contributed by atoms with Crippen molar-refractivity contribution in [3.63, 3.8) is 0 Å². The van der Waals surface area contributed by atoms with E-state index in [1.807, 2.05) is 24.3 Å². The van der Waals surface area contributed by atoms with Crippen LogP contribution in [0.4, 0.5) is 10.5 Å². The van der Waals surface area contributed by atoms with E-state index >= 15 is 0 Å². The number of benzene rings is 2. The molecule has 1 aliphatic rings. The maximum Gasteiger partial charge on any atom is 0.410 e. The Morgan fingerprint density at radius 3 is 2.38 bits per heavy atom. The Morgan fingerprint density at radius 2 is 1.79 bits per heavy atom. The first kappa shape index (κ1) is 25.8. The maximum absolute atomic E-state index is 12.8. The quantitative estimate of drug-likeness (QED) is 0.268. The van der Waals surface area contributed by atoms with Crippen molar-refractivity contribution < 1.29 is 31.8 Å². The number of nitro benzene ring substituents is 1. The SMILES string of the molecule is COc1ccc(CS[C@H]2C[C@@H](COS(C)(=O)=O)N(C(=O)OCc3ccc([N+](=O)[O-])cc3)C2)cc1. The number of non-ortho nitro benzene ring substituents is 1. The number of carbonyl (C=O) groups is 1. The zero-order valence-electron chi connectivity index (χ0n) is 18.8. The molecule has 0 unspecified atom stereocenters. The third kappa shape index (κ3) is 7.61. The molecule has 12 heteroatoms. The summed E-state index contributed by atoms with van der Waals surface area (Å²) in [6, 6.07) is 13.0. The third-order valence-electron chi connectivity index (χ3n) is 5.24. The second-order valence-electron chi connectivity index (χ2n) is 7.79. The fourth-order valence-electron chi connectivity index (χ4n) is 3.46. The van der Waals surface area contributed by atoms with Crippen molar-refractivity contribution in [3.8, 4) is 5.75 Å². The minimum absolute atomic E-state index is 0.0515. The van der Waals surface area contributed by atoms with Crippen LogP contribution in [-0.2, 0) is 31.4 Å². The van der Waals surface area contributed by atoms with Gasteiger partial charge in [0.1, 0.15) is 12.4 Å². The van der Waals surface area contributed by atoms with Gasteiger partial charge in [-0.2, -0.15) is 20.2 Å². The standard InChI is InChI=1S/C22H26N2O8S2/c1-30-20-9-5-17(6-10-20)15-33-21-11-19(14-32-34(2,28)29)23(12-21)22(25)31-13-16-3-7-18(8-4-16)24(26)27/h3-10,19,21H,11-15H2,1-2H3/t19-,21-/m0/s1. The topological polar surface area (TPSA) is 125 Å². The van der Waals surface area contributed by atoms with Crippen LogP contribution in [0.5, 0.6) is 5.75 Å². The number of likely N-dealkylation sites (tertiary alicyclic amines) is 1. The van der Waals surface area contributed by atoms with Crippen LogP contribution in [0, 0.1) is 10.1 Å². The average Bonchev–Trinajstić information content (AvgIpc) is 3.23. The summed E-state index contributed by atoms with van der Waals surface area (Å²) in [6.07, 6.45) is 0.936. The second kappa shape index (κ2) is 11.5. The minimum atomic E-state index is -3.66. The summed E-state index contributed by atoms with van der Waals surface area (Å²) in [5.74, 6) is 1.49. The molecule has 1 aliphatic heterocycles. The molecule has 2 atom stereocenters. The van der Waals surface area contributed by atoms with Gasteiger partial charge in [0.15, 0.2) is 0 Å². The van der Waals surface area contributed by atoms with E-state index in [1.165, 1.54) is 29.2 Å². The first-order valence-electron chi connectivity index (χ1n) is 10.4. The van der Waals surface area contributed by atoms with Gasteiger partial charge in [0, 0.05) is 29.7 Å². The van der Waals surface area contributed by atoms with Crippen molar-refractivity contribution in [1.82, 2.24) is 4.90 Å². The monoisotopic (exact) mass is 510 g/mol. The Kier molecular flexibility index (Phi) is 8.75. The summed E-state index contributed by atoms with van der Waals surface area (Å²) >= 11 is 1.67. The van der Waals surface area contributed by atoms with E-state index in [2.05, 4.69) is 0 Å². The number of nitro groups is 1. The van der Waals surface area contributed by atoms with Crippen molar-refractivity contribution in [2.75, 3.05) is 26.5 Å². The lowest BCUT2D eigenvalue weighted by atomic mass is 10.2. The molecule has 34 heavy (non-hydrogen) atoms. The molecular formula is C22H26N2O8S2. The van der Waals surface area contributed by atoms with Crippen LogP contribution in [0.15, 0.2) is 48.5 Å². The van der Waals surface area contributed by atoms with Crippen molar-refractivity contribution in [1.29, 1.82) is 0 Å². The normalized spacial score (nSPS) is 18.0. The highest BCUT2D eigenvalue weighted by atomic mass is 32.2. The number of hydrogen-bond donors (Lipinski definition) is 0. The second-order valence-corrected chi connectivity index (χ2v) is 10.7. The molecular weight excluding hydrogens is 484 g/mol. The molecule has 2 aromatic rings. The van der Waals surface area contributed by atoms with E-state index in [0.29, 0.717) is 18.5 Å². The summed E-state index contributed by atoms with van der Waals surface area (Å²) in [5.41, 5.74) is 1.66. The lowest BCUT2D eigenvalue weighted by molar-refractivity contribution is -0.384. The van der Waals surface area contributed by atoms with Crippen LogP contribution in [-0.4, -0.2) is 62.1 Å². The molecule has 1 heterocycles. The molecule has 1 amide bonds. The Balaban J connectivity index is 1.60. The molecule has 1 saturated heterocycles. The van der Waals surface area contributed by atoms with Crippen molar-refractivity contribution >= 4 is 33.7 Å². The molecule has 1 fully saturated rings. The van der Waals surface area contributed by atoms with Gasteiger partial charge in [-0.3, -0.25) is 14.3 Å². The fourth-order valence-corrected chi connectivity index (χ4v) is 5.11. The molecule has 0 aliphatic carbocycles. The van der Waals surface area contributed by atoms with Gasteiger partial charge in [0.05, 0.1) is 30.9 Å². The third-order valence-corrected chi connectivity index (χ3v) is 7.12. The van der Waals surface area contributed by atoms with E-state index in [9.17, 15) is 23.3 Å². The molecule has 2 aromatic carbocycles. The van der Waals surface area contributed by atoms with E-state index in [0.717, 1.165) is 23.3 Å². The molecule has 3 rings (SSSR count). The van der Waals surface area contributed by atoms with Crippen molar-refractivity contribution in [3.05, 3.63) is 69.8 Å². The minimum Gasteiger partial charge on any atom is -0.497 e. The van der Waals surface area contributed by atoms with E-state index in [4.69, 9.17) is 13.7 Å². The molecule has 0 N–H and O–H groups in total. The van der Waals surface area contributed by atoms with Gasteiger partial charge < -0.3 is 14.4 Å². The van der Waals surface area contributed by atoms with Crippen LogP contribution in [0.25, 0.3) is 0 Å². The number of amides is 1. The first-order valence-corrected chi connectivity index (χ1v) is 13.3. The number of methoxy groups -OCH3 is 1. The number of ether oxygens (including phenoxy) is 2. The Bertz CT molecular complexity index is 1090. The van der Waals surface area contributed by atoms with Gasteiger partial charge in [0.25, 0.3) is 15.8 Å². The first-order chi connectivity index (χ1) is 16.1. The fraction of sp³-hybridized carbons (Fsp3) is 0.409. The van der Waals surface area contributed by atoms with Crippen LogP contribution in [0.2, 0.25) is 0 Å². The predicted octanol–water partition coefficient (Wildman–Crippen LogP) is 3.59. The van der Waals surface area contributed by atoms with Gasteiger partial charge in [-0.05, 0) is 41.8 Å². The van der Waals surface area contributed by atoms with Crippen LogP contribution in [0.1, 0.15) is 17.5 Å². The van der Waals surface area contributed by atoms with Crippen molar-refractivity contribution in [2.24, 2.45) is 0 Å². The van der Waals surface area contributed by atoms with E-state index in [-0.39, 0.29) is 24.2 Å². The lowest BCUT2D eigenvalue weighted by Gasteiger charge is -2.23. The molecule has 0 radical (unpaired) electrons. The number of thioether (sulfide) groups is 1. The van der Waals surface area contributed by atoms with E-state index < -0.39 is 27.2 Å². The van der Waals surface area contributed by atoms with Gasteiger partial charge in [-0.1, -0.05) is 12.1 Å². The van der Waals surface area contributed by atoms with Gasteiger partial charge in [-0.25, -0.2) is 4.79 Å². The summed E-state index contributed by atoms with van der Waals surface area (Å²) in [4.78, 5) is 24.5. The Labute approximate surface area is 202 Å². The summed E-state index contributed by atoms with van der Waals surface area (Å²) in [5, 5.41) is 10.8. The molecule has 0 saturated carbocycles.